The van der Waals surface area contributed by atoms with Crippen LogP contribution in [0.4, 0.5) is 0 Å². The average molecular weight is 707 g/mol. The van der Waals surface area contributed by atoms with Crippen LogP contribution in [0.5, 0.6) is 0 Å². The molecule has 1 aliphatic carbocycles. The number of hydrogen-bond acceptors (Lipinski definition) is 6. The van der Waals surface area contributed by atoms with Gasteiger partial charge in [0.25, 0.3) is 5.91 Å². The summed E-state index contributed by atoms with van der Waals surface area (Å²) in [6.45, 7) is 23.3. The van der Waals surface area contributed by atoms with Gasteiger partial charge in [0.15, 0.2) is 5.78 Å². The number of carbonyl (C=O) groups excluding carboxylic acids is 4. The van der Waals surface area contributed by atoms with Crippen molar-refractivity contribution >= 4 is 29.0 Å². The fourth-order valence-electron chi connectivity index (χ4n) is 4.12. The maximum atomic E-state index is 12.3. The number of allylic oxidation sites excluding steroid dienone is 4. The summed E-state index contributed by atoms with van der Waals surface area (Å²) < 4.78 is 4.94. The Kier molecular flexibility index (Phi) is 27.8. The zero-order valence-electron chi connectivity index (χ0n) is 34.0. The predicted octanol–water partition coefficient (Wildman–Crippen LogP) is 10.3. The maximum Gasteiger partial charge on any atom is 0.323 e. The fourth-order valence-corrected chi connectivity index (χ4v) is 4.12. The maximum absolute atomic E-state index is 12.3. The largest absolute Gasteiger partial charge is 0.459 e. The number of aryl methyl sites for hydroxylation is 1. The number of unbranched alkanes of at least 4 members (excludes halogenated alkanes) is 2. The Balaban J connectivity index is 0. The van der Waals surface area contributed by atoms with Crippen LogP contribution in [0.15, 0.2) is 72.3 Å². The molecule has 1 saturated carbocycles. The molecule has 1 fully saturated rings. The highest BCUT2D eigenvalue weighted by Gasteiger charge is 2.18. The molecule has 51 heavy (non-hydrogen) atoms. The Hall–Kier alpha value is -3.84. The molecule has 1 amide bonds. The van der Waals surface area contributed by atoms with Gasteiger partial charge < -0.3 is 20.6 Å². The Morgan fingerprint density at radius 1 is 0.863 bits per heavy atom. The first-order valence-electron chi connectivity index (χ1n) is 18.8. The highest BCUT2D eigenvalue weighted by molar-refractivity contribution is 5.95. The SMILES string of the molecule is CC.CC(C)=O.CC(N)C(=O)OC(C)(C)C.CCC1CC1.CCCCCNC(=O)c1ccc(C(/C=C\C(=O)CCc2ccccc2)=C(C)C)cc1. The first-order chi connectivity index (χ1) is 24.0. The van der Waals surface area contributed by atoms with Gasteiger partial charge in [0.2, 0.25) is 0 Å². The van der Waals surface area contributed by atoms with Crippen molar-refractivity contribution in [2.75, 3.05) is 6.54 Å². The van der Waals surface area contributed by atoms with Gasteiger partial charge in [-0.2, -0.15) is 0 Å². The van der Waals surface area contributed by atoms with E-state index in [1.54, 1.807) is 13.0 Å². The highest BCUT2D eigenvalue weighted by Crippen LogP contribution is 2.31. The van der Waals surface area contributed by atoms with Crippen molar-refractivity contribution in [3.8, 4) is 0 Å². The zero-order valence-corrected chi connectivity index (χ0v) is 34.0. The number of nitrogens with one attached hydrogen (secondary N) is 1. The van der Waals surface area contributed by atoms with Gasteiger partial charge in [-0.05, 0) is 109 Å². The van der Waals surface area contributed by atoms with Crippen LogP contribution >= 0.6 is 0 Å². The van der Waals surface area contributed by atoms with Crippen LogP contribution in [-0.4, -0.2) is 41.6 Å². The molecule has 3 N–H and O–H groups in total. The van der Waals surface area contributed by atoms with Crippen LogP contribution in [0.25, 0.3) is 5.57 Å². The van der Waals surface area contributed by atoms with Gasteiger partial charge in [0, 0.05) is 18.5 Å². The molecule has 7 nitrogen and oxygen atoms in total. The van der Waals surface area contributed by atoms with Gasteiger partial charge in [0.05, 0.1) is 0 Å². The van der Waals surface area contributed by atoms with Gasteiger partial charge in [-0.15, -0.1) is 0 Å². The van der Waals surface area contributed by atoms with Crippen LogP contribution in [0.2, 0.25) is 0 Å². The van der Waals surface area contributed by atoms with Crippen molar-refractivity contribution < 1.29 is 23.9 Å². The topological polar surface area (TPSA) is 116 Å². The van der Waals surface area contributed by atoms with E-state index in [1.165, 1.54) is 38.7 Å². The van der Waals surface area contributed by atoms with Gasteiger partial charge >= 0.3 is 5.97 Å². The molecule has 2 aromatic rings. The van der Waals surface area contributed by atoms with E-state index >= 15 is 0 Å². The second-order valence-electron chi connectivity index (χ2n) is 13.8. The molecule has 0 saturated heterocycles. The summed E-state index contributed by atoms with van der Waals surface area (Å²) in [5.74, 6) is 1.02. The minimum Gasteiger partial charge on any atom is -0.459 e. The molecule has 0 bridgehead atoms. The molecule has 0 aliphatic heterocycles. The summed E-state index contributed by atoms with van der Waals surface area (Å²) in [4.78, 5) is 44.8. The molecule has 1 unspecified atom stereocenters. The van der Waals surface area contributed by atoms with Gasteiger partial charge in [-0.25, -0.2) is 0 Å². The summed E-state index contributed by atoms with van der Waals surface area (Å²) in [5.41, 5.74) is 9.81. The quantitative estimate of drug-likeness (QED) is 0.0927. The number of rotatable bonds is 13. The number of carbonyl (C=O) groups is 4. The Morgan fingerprint density at radius 3 is 1.78 bits per heavy atom. The summed E-state index contributed by atoms with van der Waals surface area (Å²) in [5, 5.41) is 2.96. The standard InChI is InChI=1S/C27H33NO2.C7H15NO2.C5H10.C3H6O.C2H6/c1-4-5-9-20-28-27(30)24-15-13-23(14-16-24)26(21(2)3)19-18-25(29)17-12-22-10-7-6-8-11-22;1-5(8)6(9)10-7(2,3)4;1-2-5-3-4-5;1-3(2)4;1-2/h6-8,10-11,13-16,18-19H,4-5,9,12,17,20H2,1-3H3,(H,28,30);5H,8H2,1-4H3;5H,2-4H2,1H3;1-2H3;1-2H3/b19-18-;;;;. The van der Waals surface area contributed by atoms with Crippen LogP contribution in [0, 0.1) is 5.92 Å². The number of Topliss-reactive ketones (excluding diaryl/α,β-unsaturated/α-hetero) is 1. The summed E-state index contributed by atoms with van der Waals surface area (Å²) in [6.07, 6.45) is 12.5. The third kappa shape index (κ3) is 28.5. The second-order valence-corrected chi connectivity index (χ2v) is 13.8. The van der Waals surface area contributed by atoms with Crippen molar-refractivity contribution in [1.82, 2.24) is 5.32 Å². The Bertz CT molecular complexity index is 1310. The van der Waals surface area contributed by atoms with Gasteiger partial charge in [-0.1, -0.05) is 114 Å². The zero-order chi connectivity index (χ0) is 39.4. The molecule has 2 aromatic carbocycles. The fraction of sp³-hybridized carbons (Fsp3) is 0.545. The van der Waals surface area contributed by atoms with E-state index in [0.29, 0.717) is 18.5 Å². The molecule has 3 rings (SSSR count). The smallest absolute Gasteiger partial charge is 0.323 e. The van der Waals surface area contributed by atoms with Crippen LogP contribution < -0.4 is 11.1 Å². The first-order valence-corrected chi connectivity index (χ1v) is 18.8. The Morgan fingerprint density at radius 2 is 1.39 bits per heavy atom. The van der Waals surface area contributed by atoms with E-state index in [1.807, 2.05) is 109 Å². The second kappa shape index (κ2) is 28.8. The van der Waals surface area contributed by atoms with E-state index in [2.05, 4.69) is 19.2 Å². The number of benzene rings is 2. The highest BCUT2D eigenvalue weighted by atomic mass is 16.6. The van der Waals surface area contributed by atoms with Crippen molar-refractivity contribution in [2.45, 2.75) is 146 Å². The lowest BCUT2D eigenvalue weighted by Crippen LogP contribution is -2.35. The minimum absolute atomic E-state index is 0.0389. The number of ether oxygens (including phenoxy) is 1. The number of amides is 1. The molecule has 1 atom stereocenters. The predicted molar refractivity (Wildman–Crippen MR) is 216 cm³/mol. The van der Waals surface area contributed by atoms with Crippen LogP contribution in [0.3, 0.4) is 0 Å². The number of nitrogens with two attached hydrogens (primary N) is 1. The molecule has 0 spiro atoms. The van der Waals surface area contributed by atoms with Crippen LogP contribution in [0.1, 0.15) is 150 Å². The lowest BCUT2D eigenvalue weighted by molar-refractivity contribution is -0.156. The molecular weight excluding hydrogens is 636 g/mol. The van der Waals surface area contributed by atoms with Crippen molar-refractivity contribution in [3.63, 3.8) is 0 Å². The summed E-state index contributed by atoms with van der Waals surface area (Å²) in [6, 6.07) is 17.1. The number of ketones is 2. The van der Waals surface area contributed by atoms with Crippen LogP contribution in [-0.2, 0) is 25.5 Å². The van der Waals surface area contributed by atoms with E-state index in [-0.39, 0.29) is 23.4 Å². The Labute approximate surface area is 310 Å². The van der Waals surface area contributed by atoms with Crippen molar-refractivity contribution in [1.29, 1.82) is 0 Å². The van der Waals surface area contributed by atoms with Gasteiger partial charge in [0.1, 0.15) is 17.4 Å². The number of esters is 1. The molecule has 286 valence electrons. The first kappa shape index (κ1) is 49.3. The third-order valence-electron chi connectivity index (χ3n) is 7.05. The monoisotopic (exact) mass is 707 g/mol. The third-order valence-corrected chi connectivity index (χ3v) is 7.05. The molecule has 1 aliphatic rings. The lowest BCUT2D eigenvalue weighted by atomic mass is 9.98. The molecule has 0 radical (unpaired) electrons. The van der Waals surface area contributed by atoms with Crippen molar-refractivity contribution in [3.05, 3.63) is 89.0 Å². The summed E-state index contributed by atoms with van der Waals surface area (Å²) >= 11 is 0. The molecule has 0 heterocycles. The van der Waals surface area contributed by atoms with Crippen molar-refractivity contribution in [2.24, 2.45) is 11.7 Å². The van der Waals surface area contributed by atoms with E-state index in [9.17, 15) is 19.2 Å². The molecule has 0 aromatic heterocycles. The van der Waals surface area contributed by atoms with E-state index in [4.69, 9.17) is 10.5 Å². The van der Waals surface area contributed by atoms with E-state index < -0.39 is 11.6 Å². The number of hydrogen-bond donors (Lipinski definition) is 2. The lowest BCUT2D eigenvalue weighted by Gasteiger charge is -2.20. The minimum atomic E-state index is -0.528. The normalized spacial score (nSPS) is 12.1. The summed E-state index contributed by atoms with van der Waals surface area (Å²) in [7, 11) is 0. The molecule has 7 heteroatoms. The average Bonchev–Trinajstić information content (AvgIpc) is 3.92. The van der Waals surface area contributed by atoms with E-state index in [0.717, 1.165) is 48.3 Å². The molecular formula is C44H70N2O5. The van der Waals surface area contributed by atoms with Gasteiger partial charge in [-0.3, -0.25) is 14.4 Å².